The van der Waals surface area contributed by atoms with Crippen molar-refractivity contribution >= 4 is 39.3 Å². The van der Waals surface area contributed by atoms with Crippen molar-refractivity contribution in [3.05, 3.63) is 77.9 Å². The topological polar surface area (TPSA) is 54.3 Å². The molecule has 0 fully saturated rings. The van der Waals surface area contributed by atoms with Crippen LogP contribution < -0.4 is 4.74 Å². The smallest absolute Gasteiger partial charge is 0.258 e. The Kier molecular flexibility index (Phi) is 4.56. The van der Waals surface area contributed by atoms with Crippen LogP contribution in [-0.2, 0) is 4.79 Å². The molecule has 3 aromatic carbocycles. The van der Waals surface area contributed by atoms with E-state index in [0.717, 1.165) is 29.0 Å². The molecular formula is C23H19N3O2S. The lowest BCUT2D eigenvalue weighted by Crippen LogP contribution is -2.23. The van der Waals surface area contributed by atoms with Gasteiger partial charge < -0.3 is 4.74 Å². The summed E-state index contributed by atoms with van der Waals surface area (Å²) < 4.78 is 5.29. The normalized spacial score (nSPS) is 18.9. The van der Waals surface area contributed by atoms with Crippen molar-refractivity contribution in [3.8, 4) is 5.75 Å². The number of fused-ring (bicyclic) bond motifs is 1. The van der Waals surface area contributed by atoms with Crippen LogP contribution in [0.4, 0.5) is 0 Å². The van der Waals surface area contributed by atoms with E-state index in [1.165, 1.54) is 22.5 Å². The molecule has 1 amide bonds. The summed E-state index contributed by atoms with van der Waals surface area (Å²) in [6, 6.07) is 22.8. The number of thioether (sulfide) groups is 1. The van der Waals surface area contributed by atoms with Crippen molar-refractivity contribution in [2.45, 2.75) is 12.5 Å². The number of hydrogen-bond acceptors (Lipinski definition) is 5. The molecular weight excluding hydrogens is 382 g/mol. The molecule has 1 atom stereocenters. The number of rotatable bonds is 3. The summed E-state index contributed by atoms with van der Waals surface area (Å²) in [5.74, 6) is 1.09. The molecule has 144 valence electrons. The average molecular weight is 401 g/mol. The molecule has 0 aromatic heterocycles. The number of nitrogens with zero attached hydrogens (tertiary/aromatic N) is 3. The second-order valence-corrected chi connectivity index (χ2v) is 7.97. The molecule has 29 heavy (non-hydrogen) atoms. The molecule has 0 aliphatic carbocycles. The monoisotopic (exact) mass is 401 g/mol. The Labute approximate surface area is 173 Å². The van der Waals surface area contributed by atoms with E-state index in [1.54, 1.807) is 7.11 Å². The van der Waals surface area contributed by atoms with Crippen LogP contribution in [0.25, 0.3) is 10.8 Å². The first kappa shape index (κ1) is 17.9. The van der Waals surface area contributed by atoms with Crippen LogP contribution in [0.1, 0.15) is 23.6 Å². The third-order valence-electron chi connectivity index (χ3n) is 5.23. The molecule has 5 nitrogen and oxygen atoms in total. The van der Waals surface area contributed by atoms with Gasteiger partial charge in [-0.3, -0.25) is 4.79 Å². The van der Waals surface area contributed by atoms with E-state index >= 15 is 0 Å². The first-order chi connectivity index (χ1) is 14.2. The van der Waals surface area contributed by atoms with Crippen LogP contribution in [0.2, 0.25) is 0 Å². The maximum atomic E-state index is 11.7. The third-order valence-corrected chi connectivity index (χ3v) is 6.16. The number of carbonyl (C=O) groups is 1. The minimum Gasteiger partial charge on any atom is -0.497 e. The van der Waals surface area contributed by atoms with E-state index in [1.807, 2.05) is 29.3 Å². The SMILES string of the molecule is COc1ccc([C@H]2CC(c3ccc4ccccc4c3)=NN2C2=NC(=O)CS2)cc1. The summed E-state index contributed by atoms with van der Waals surface area (Å²) in [6.45, 7) is 0. The fourth-order valence-electron chi connectivity index (χ4n) is 3.73. The number of benzene rings is 3. The van der Waals surface area contributed by atoms with Crippen LogP contribution in [0.3, 0.4) is 0 Å². The van der Waals surface area contributed by atoms with Crippen LogP contribution in [0.15, 0.2) is 76.8 Å². The number of ether oxygens (including phenoxy) is 1. The van der Waals surface area contributed by atoms with Gasteiger partial charge in [0.05, 0.1) is 24.6 Å². The molecule has 6 heteroatoms. The Balaban J connectivity index is 1.53. The van der Waals surface area contributed by atoms with Gasteiger partial charge in [-0.1, -0.05) is 60.3 Å². The van der Waals surface area contributed by atoms with Crippen LogP contribution in [-0.4, -0.2) is 34.7 Å². The van der Waals surface area contributed by atoms with Crippen LogP contribution in [0.5, 0.6) is 5.75 Å². The number of hydrazone groups is 1. The minimum atomic E-state index is -0.104. The van der Waals surface area contributed by atoms with Gasteiger partial charge in [-0.2, -0.15) is 10.1 Å². The molecule has 2 aliphatic rings. The molecule has 2 aliphatic heterocycles. The zero-order valence-corrected chi connectivity index (χ0v) is 16.7. The Hall–Kier alpha value is -3.12. The molecule has 0 saturated heterocycles. The first-order valence-corrected chi connectivity index (χ1v) is 10.4. The quantitative estimate of drug-likeness (QED) is 0.642. The molecule has 0 saturated carbocycles. The van der Waals surface area contributed by atoms with Gasteiger partial charge in [0.15, 0.2) is 5.17 Å². The number of aliphatic imine (C=N–C) groups is 1. The average Bonchev–Trinajstić information content (AvgIpc) is 3.40. The predicted molar refractivity (Wildman–Crippen MR) is 118 cm³/mol. The number of amides is 1. The minimum absolute atomic E-state index is 0.000439. The lowest BCUT2D eigenvalue weighted by atomic mass is 9.97. The van der Waals surface area contributed by atoms with E-state index in [9.17, 15) is 4.79 Å². The van der Waals surface area contributed by atoms with Crippen molar-refractivity contribution in [2.24, 2.45) is 10.1 Å². The largest absolute Gasteiger partial charge is 0.497 e. The zero-order chi connectivity index (χ0) is 19.8. The highest BCUT2D eigenvalue weighted by Gasteiger charge is 2.34. The molecule has 5 rings (SSSR count). The van der Waals surface area contributed by atoms with Crippen molar-refractivity contribution in [2.75, 3.05) is 12.9 Å². The molecule has 3 aromatic rings. The second-order valence-electron chi connectivity index (χ2n) is 7.02. The fraction of sp³-hybridized carbons (Fsp3) is 0.174. The second kappa shape index (κ2) is 7.37. The zero-order valence-electron chi connectivity index (χ0n) is 15.9. The number of methoxy groups -OCH3 is 1. The van der Waals surface area contributed by atoms with Crippen molar-refractivity contribution in [1.82, 2.24) is 5.01 Å². The number of carbonyl (C=O) groups excluding carboxylic acids is 1. The van der Waals surface area contributed by atoms with Crippen LogP contribution in [0, 0.1) is 0 Å². The summed E-state index contributed by atoms with van der Waals surface area (Å²) >= 11 is 1.45. The number of hydrogen-bond donors (Lipinski definition) is 0. The highest BCUT2D eigenvalue weighted by molar-refractivity contribution is 8.14. The summed E-state index contributed by atoms with van der Waals surface area (Å²) in [6.07, 6.45) is 0.748. The molecule has 0 radical (unpaired) electrons. The van der Waals surface area contributed by atoms with E-state index in [2.05, 4.69) is 47.5 Å². The molecule has 0 unspecified atom stereocenters. The van der Waals surface area contributed by atoms with E-state index in [4.69, 9.17) is 9.84 Å². The lowest BCUT2D eigenvalue weighted by molar-refractivity contribution is -0.115. The Morgan fingerprint density at radius 3 is 2.55 bits per heavy atom. The Morgan fingerprint density at radius 2 is 1.83 bits per heavy atom. The third kappa shape index (κ3) is 3.40. The summed E-state index contributed by atoms with van der Waals surface area (Å²) in [7, 11) is 1.66. The fourth-order valence-corrected chi connectivity index (χ4v) is 4.51. The van der Waals surface area contributed by atoms with Gasteiger partial charge in [-0.15, -0.1) is 0 Å². The van der Waals surface area contributed by atoms with E-state index < -0.39 is 0 Å². The highest BCUT2D eigenvalue weighted by Crippen LogP contribution is 2.37. The van der Waals surface area contributed by atoms with Gasteiger partial charge in [0.2, 0.25) is 0 Å². The van der Waals surface area contributed by atoms with Crippen LogP contribution >= 0.6 is 11.8 Å². The highest BCUT2D eigenvalue weighted by atomic mass is 32.2. The van der Waals surface area contributed by atoms with Gasteiger partial charge >= 0.3 is 0 Å². The predicted octanol–water partition coefficient (Wildman–Crippen LogP) is 4.63. The van der Waals surface area contributed by atoms with Gasteiger partial charge in [0, 0.05) is 6.42 Å². The van der Waals surface area contributed by atoms with Gasteiger partial charge in [0.25, 0.3) is 5.91 Å². The van der Waals surface area contributed by atoms with Gasteiger partial charge in [-0.25, -0.2) is 5.01 Å². The summed E-state index contributed by atoms with van der Waals surface area (Å²) in [4.78, 5) is 15.9. The van der Waals surface area contributed by atoms with Crippen molar-refractivity contribution in [3.63, 3.8) is 0 Å². The molecule has 0 bridgehead atoms. The molecule has 0 N–H and O–H groups in total. The summed E-state index contributed by atoms with van der Waals surface area (Å²) in [5.41, 5.74) is 3.21. The Morgan fingerprint density at radius 1 is 1.03 bits per heavy atom. The standard InChI is InChI=1S/C23H19N3O2S/c1-28-19-10-8-16(9-11-19)21-13-20(25-26(21)23-24-22(27)14-29-23)18-7-6-15-4-2-3-5-17(15)12-18/h2-12,21H,13-14H2,1H3/t21-/m1/s1. The maximum absolute atomic E-state index is 11.7. The Bertz CT molecular complexity index is 1150. The molecule has 0 spiro atoms. The van der Waals surface area contributed by atoms with Crippen molar-refractivity contribution < 1.29 is 9.53 Å². The maximum Gasteiger partial charge on any atom is 0.258 e. The first-order valence-electron chi connectivity index (χ1n) is 9.45. The number of amidine groups is 1. The molecule has 2 heterocycles. The van der Waals surface area contributed by atoms with Crippen molar-refractivity contribution in [1.29, 1.82) is 0 Å². The lowest BCUT2D eigenvalue weighted by Gasteiger charge is -2.22. The van der Waals surface area contributed by atoms with E-state index in [-0.39, 0.29) is 11.9 Å². The van der Waals surface area contributed by atoms with Gasteiger partial charge in [-0.05, 0) is 40.1 Å². The summed E-state index contributed by atoms with van der Waals surface area (Å²) in [5, 5.41) is 9.87. The van der Waals surface area contributed by atoms with Gasteiger partial charge in [0.1, 0.15) is 5.75 Å². The van der Waals surface area contributed by atoms with E-state index in [0.29, 0.717) is 10.9 Å².